The average Bonchev–Trinajstić information content (AvgIpc) is 2.92. The maximum atomic E-state index is 13.1. The number of imide groups is 1. The molecule has 1 aliphatic heterocycles. The van der Waals surface area contributed by atoms with Gasteiger partial charge in [-0.3, -0.25) is 29.4 Å². The van der Waals surface area contributed by atoms with Crippen molar-refractivity contribution in [2.24, 2.45) is 11.1 Å². The van der Waals surface area contributed by atoms with E-state index in [1.165, 1.54) is 4.90 Å². The number of hydrogen-bond donors (Lipinski definition) is 4. The first-order valence-electron chi connectivity index (χ1n) is 11.1. The summed E-state index contributed by atoms with van der Waals surface area (Å²) in [5.74, 6) is -1.37. The first-order chi connectivity index (χ1) is 15.1. The number of likely N-dealkylation sites (N-methyl/N-ethyl adjacent to an activating group) is 1. The van der Waals surface area contributed by atoms with Gasteiger partial charge in [0.1, 0.15) is 16.9 Å². The van der Waals surface area contributed by atoms with Crippen LogP contribution < -0.4 is 22.3 Å². The Morgan fingerprint density at radius 2 is 1.84 bits per heavy atom. The van der Waals surface area contributed by atoms with Crippen LogP contribution in [0.15, 0.2) is 9.59 Å². The van der Waals surface area contributed by atoms with Crippen LogP contribution in [0.25, 0.3) is 0 Å². The van der Waals surface area contributed by atoms with Crippen LogP contribution >= 0.6 is 0 Å². The van der Waals surface area contributed by atoms with Gasteiger partial charge >= 0.3 is 11.7 Å². The molecule has 0 unspecified atom stereocenters. The maximum Gasteiger partial charge on any atom is 0.334 e. The molecular formula is C21H30N6O5. The van der Waals surface area contributed by atoms with Gasteiger partial charge in [-0.25, -0.2) is 9.59 Å². The number of amidine groups is 1. The minimum Gasteiger partial charge on any atom is -0.494 e. The van der Waals surface area contributed by atoms with Crippen molar-refractivity contribution in [1.82, 2.24) is 19.4 Å². The van der Waals surface area contributed by atoms with E-state index in [-0.39, 0.29) is 35.5 Å². The number of hydrogen-bond acceptors (Lipinski definition) is 6. The Bertz CT molecular complexity index is 1100. The number of nitrogen functional groups attached to an aromatic ring is 1. The Morgan fingerprint density at radius 1 is 1.22 bits per heavy atom. The van der Waals surface area contributed by atoms with Crippen LogP contribution in [0.2, 0.25) is 0 Å². The van der Waals surface area contributed by atoms with Crippen LogP contribution in [-0.2, 0) is 11.3 Å². The summed E-state index contributed by atoms with van der Waals surface area (Å²) in [5, 5.41) is 20.6. The van der Waals surface area contributed by atoms with Crippen LogP contribution in [0.4, 0.5) is 4.79 Å². The monoisotopic (exact) mass is 446 g/mol. The summed E-state index contributed by atoms with van der Waals surface area (Å²) in [5.41, 5.74) is 3.02. The van der Waals surface area contributed by atoms with Gasteiger partial charge in [0.25, 0.3) is 11.5 Å². The van der Waals surface area contributed by atoms with Crippen molar-refractivity contribution in [2.45, 2.75) is 76.4 Å². The number of carbonyl (C=O) groups excluding carboxylic acids is 2. The predicted octanol–water partition coefficient (Wildman–Crippen LogP) is 0.615. The number of amides is 3. The second-order valence-corrected chi connectivity index (χ2v) is 9.51. The van der Waals surface area contributed by atoms with E-state index in [0.29, 0.717) is 44.9 Å². The normalized spacial score (nSPS) is 29.4. The van der Waals surface area contributed by atoms with Gasteiger partial charge in [0.2, 0.25) is 5.88 Å². The summed E-state index contributed by atoms with van der Waals surface area (Å²) in [6.07, 6.45) is 5.11. The zero-order valence-corrected chi connectivity index (χ0v) is 18.4. The first-order valence-corrected chi connectivity index (χ1v) is 11.1. The van der Waals surface area contributed by atoms with Gasteiger partial charge in [0.15, 0.2) is 0 Å². The first kappa shape index (κ1) is 22.1. The van der Waals surface area contributed by atoms with Crippen molar-refractivity contribution < 1.29 is 14.7 Å². The Hall–Kier alpha value is -3.11. The molecule has 11 heteroatoms. The second kappa shape index (κ2) is 7.49. The van der Waals surface area contributed by atoms with E-state index in [0.717, 1.165) is 15.6 Å². The lowest BCUT2D eigenvalue weighted by molar-refractivity contribution is -0.143. The van der Waals surface area contributed by atoms with Crippen molar-refractivity contribution in [3.63, 3.8) is 0 Å². The van der Waals surface area contributed by atoms with Crippen molar-refractivity contribution in [2.75, 3.05) is 7.05 Å². The smallest absolute Gasteiger partial charge is 0.334 e. The van der Waals surface area contributed by atoms with Crippen molar-refractivity contribution in [3.05, 3.63) is 26.4 Å². The molecule has 3 aliphatic rings. The average molecular weight is 447 g/mol. The van der Waals surface area contributed by atoms with Gasteiger partial charge in [0.05, 0.1) is 0 Å². The van der Waals surface area contributed by atoms with Crippen LogP contribution in [0.5, 0.6) is 5.88 Å². The summed E-state index contributed by atoms with van der Waals surface area (Å²) in [6, 6.07) is -0.751. The van der Waals surface area contributed by atoms with E-state index in [1.807, 2.05) is 6.92 Å². The number of urea groups is 1. The fourth-order valence-corrected chi connectivity index (χ4v) is 5.79. The summed E-state index contributed by atoms with van der Waals surface area (Å²) in [6.45, 7) is 2.18. The van der Waals surface area contributed by atoms with Crippen molar-refractivity contribution in [1.29, 1.82) is 5.41 Å². The predicted molar refractivity (Wildman–Crippen MR) is 116 cm³/mol. The molecule has 1 aromatic heterocycles. The molecule has 4 rings (SSSR count). The van der Waals surface area contributed by atoms with Gasteiger partial charge in [-0.15, -0.1) is 0 Å². The number of nitrogens with one attached hydrogen (secondary N) is 2. The Labute approximate surface area is 184 Å². The Morgan fingerprint density at radius 3 is 2.34 bits per heavy atom. The third kappa shape index (κ3) is 3.05. The van der Waals surface area contributed by atoms with Gasteiger partial charge in [-0.2, -0.15) is 0 Å². The number of nitrogens with zero attached hydrogens (tertiary/aromatic N) is 3. The number of nitrogens with two attached hydrogens (primary N) is 1. The molecule has 3 amide bonds. The number of aromatic nitrogens is 2. The quantitative estimate of drug-likeness (QED) is 0.294. The van der Waals surface area contributed by atoms with Crippen molar-refractivity contribution in [3.8, 4) is 5.88 Å². The summed E-state index contributed by atoms with van der Waals surface area (Å²) in [4.78, 5) is 51.8. The van der Waals surface area contributed by atoms with E-state index in [9.17, 15) is 24.3 Å². The van der Waals surface area contributed by atoms with E-state index in [1.54, 1.807) is 7.05 Å². The lowest BCUT2D eigenvalue weighted by atomic mass is 9.51. The maximum absolute atomic E-state index is 13.1. The van der Waals surface area contributed by atoms with Crippen molar-refractivity contribution >= 4 is 17.8 Å². The fraction of sp³-hybridized carbons (Fsp3) is 0.667. The van der Waals surface area contributed by atoms with E-state index in [4.69, 9.17) is 11.1 Å². The lowest BCUT2D eigenvalue weighted by Crippen LogP contribution is -2.63. The van der Waals surface area contributed by atoms with Gasteiger partial charge in [0, 0.05) is 19.6 Å². The molecule has 1 saturated heterocycles. The van der Waals surface area contributed by atoms with E-state index >= 15 is 0 Å². The molecule has 0 bridgehead atoms. The fourth-order valence-electron chi connectivity index (χ4n) is 5.79. The molecule has 2 aliphatic carbocycles. The van der Waals surface area contributed by atoms with Crippen LogP contribution in [-0.4, -0.2) is 49.5 Å². The highest BCUT2D eigenvalue weighted by atomic mass is 16.3. The van der Waals surface area contributed by atoms with E-state index < -0.39 is 28.5 Å². The van der Waals surface area contributed by atoms with Crippen LogP contribution in [0, 0.1) is 10.8 Å². The molecule has 5 N–H and O–H groups in total. The molecule has 2 heterocycles. The molecule has 3 fully saturated rings. The zero-order valence-electron chi connectivity index (χ0n) is 18.4. The number of aromatic hydroxyl groups is 1. The number of carbonyl (C=O) groups is 2. The third-order valence-corrected chi connectivity index (χ3v) is 7.66. The molecule has 32 heavy (non-hydrogen) atoms. The lowest BCUT2D eigenvalue weighted by Gasteiger charge is -2.57. The minimum absolute atomic E-state index is 0.0993. The topological polar surface area (TPSA) is 164 Å². The molecule has 0 aromatic carbocycles. The number of rotatable bonds is 5. The van der Waals surface area contributed by atoms with Gasteiger partial charge in [-0.05, 0) is 50.4 Å². The van der Waals surface area contributed by atoms with Crippen LogP contribution in [0.3, 0.4) is 0 Å². The highest BCUT2D eigenvalue weighted by Gasteiger charge is 2.65. The second-order valence-electron chi connectivity index (χ2n) is 9.51. The molecule has 0 atom stereocenters. The van der Waals surface area contributed by atoms with E-state index in [2.05, 4.69) is 5.32 Å². The number of unbranched alkanes of at least 4 members (excludes halogenated alkanes) is 1. The molecule has 1 aromatic rings. The summed E-state index contributed by atoms with van der Waals surface area (Å²) >= 11 is 0. The van der Waals surface area contributed by atoms with Crippen LogP contribution in [0.1, 0.15) is 69.9 Å². The highest BCUT2D eigenvalue weighted by molar-refractivity contribution is 6.07. The molecule has 2 saturated carbocycles. The van der Waals surface area contributed by atoms with Gasteiger partial charge < -0.3 is 15.7 Å². The Kier molecular flexibility index (Phi) is 5.17. The summed E-state index contributed by atoms with van der Waals surface area (Å²) < 4.78 is 2.28. The molecule has 0 radical (unpaired) electrons. The van der Waals surface area contributed by atoms with Gasteiger partial charge in [-0.1, -0.05) is 13.3 Å². The standard InChI is InChI=1S/C21H30N6O5/c1-3-4-9-26-15(28)13(14(22)23)16(29)27(19(26)32)12-5-7-20(8-6-12)10-21(11-20)17(30)24-18(31)25(21)2/h12,28H,3-11H2,1-2H3,(H3,22,23)(H,24,30,31). The summed E-state index contributed by atoms with van der Waals surface area (Å²) in [7, 11) is 1.64. The SMILES string of the molecule is CCCCn1c(O)c(C(=N)N)c(=O)n(C2CCC3(CC2)CC2(C3)C(=O)NC(=O)N2C)c1=O. The minimum atomic E-state index is -0.784. The molecular weight excluding hydrogens is 416 g/mol. The highest BCUT2D eigenvalue weighted by Crippen LogP contribution is 2.60. The Balaban J connectivity index is 1.59. The largest absolute Gasteiger partial charge is 0.494 e. The molecule has 174 valence electrons. The third-order valence-electron chi connectivity index (χ3n) is 7.66. The molecule has 2 spiro atoms. The zero-order chi connectivity index (χ0) is 23.4. The molecule has 11 nitrogen and oxygen atoms in total.